The first-order valence-electron chi connectivity index (χ1n) is 13.3. The van der Waals surface area contributed by atoms with Crippen LogP contribution in [0.15, 0.2) is 30.5 Å². The molecule has 1 aromatic carbocycles. The van der Waals surface area contributed by atoms with Gasteiger partial charge in [-0.1, -0.05) is 38.5 Å². The molecular formula is C27H40N6O7. The number of carbonyl (C=O) groups is 5. The minimum Gasteiger partial charge on any atom is -0.481 e. The van der Waals surface area contributed by atoms with Crippen LogP contribution >= 0.6 is 0 Å². The number of nitrogens with two attached hydrogens (primary N) is 2. The quantitative estimate of drug-likeness (QED) is 0.124. The van der Waals surface area contributed by atoms with Crippen molar-refractivity contribution in [2.75, 3.05) is 6.54 Å². The number of aromatic amines is 1. The van der Waals surface area contributed by atoms with Crippen molar-refractivity contribution in [2.45, 2.75) is 76.5 Å². The van der Waals surface area contributed by atoms with Gasteiger partial charge in [-0.2, -0.15) is 0 Å². The minimum absolute atomic E-state index is 0.00419. The number of aromatic nitrogens is 1. The molecule has 2 rings (SSSR count). The van der Waals surface area contributed by atoms with Crippen LogP contribution in [0.2, 0.25) is 0 Å². The second-order valence-electron chi connectivity index (χ2n) is 10.1. The largest absolute Gasteiger partial charge is 0.481 e. The SMILES string of the molecule is CC(C)C(NC(=O)C(Cc1c[nH]c2ccccc12)NC(=O)C(CCC(=O)O)NC(=O)C(N)CCCCN)C(=O)O. The molecule has 13 heteroatoms. The van der Waals surface area contributed by atoms with Gasteiger partial charge < -0.3 is 42.6 Å². The van der Waals surface area contributed by atoms with E-state index in [0.717, 1.165) is 10.9 Å². The van der Waals surface area contributed by atoms with Crippen molar-refractivity contribution in [3.8, 4) is 0 Å². The summed E-state index contributed by atoms with van der Waals surface area (Å²) in [5, 5.41) is 27.1. The van der Waals surface area contributed by atoms with E-state index in [1.54, 1.807) is 20.0 Å². The van der Waals surface area contributed by atoms with Crippen LogP contribution in [-0.4, -0.2) is 75.6 Å². The zero-order valence-electron chi connectivity index (χ0n) is 22.8. The lowest BCUT2D eigenvalue weighted by molar-refractivity contribution is -0.143. The number of carbonyl (C=O) groups excluding carboxylic acids is 3. The number of benzene rings is 1. The van der Waals surface area contributed by atoms with Crippen LogP contribution in [0.4, 0.5) is 0 Å². The van der Waals surface area contributed by atoms with Crippen LogP contribution in [-0.2, 0) is 30.4 Å². The maximum absolute atomic E-state index is 13.4. The second-order valence-corrected chi connectivity index (χ2v) is 10.1. The Hall–Kier alpha value is -3.97. The molecule has 40 heavy (non-hydrogen) atoms. The Bertz CT molecular complexity index is 1180. The fourth-order valence-electron chi connectivity index (χ4n) is 4.22. The molecule has 220 valence electrons. The Kier molecular flexibility index (Phi) is 12.6. The molecule has 0 saturated carbocycles. The smallest absolute Gasteiger partial charge is 0.326 e. The van der Waals surface area contributed by atoms with Crippen molar-refractivity contribution < 1.29 is 34.2 Å². The second kappa shape index (κ2) is 15.6. The lowest BCUT2D eigenvalue weighted by atomic mass is 10.0. The molecule has 2 aromatic rings. The van der Waals surface area contributed by atoms with Gasteiger partial charge in [-0.15, -0.1) is 0 Å². The van der Waals surface area contributed by atoms with Crippen LogP contribution in [0.3, 0.4) is 0 Å². The standard InChI is InChI=1S/C27H40N6O7/c1-15(2)23(27(39)40)33-26(38)21(13-16-14-30-19-9-4-3-7-17(16)19)32-25(37)20(10-11-22(34)35)31-24(36)18(29)8-5-6-12-28/h3-4,7,9,14-15,18,20-21,23,30H,5-6,8,10-13,28-29H2,1-2H3,(H,31,36)(H,32,37)(H,33,38)(H,34,35)(H,39,40). The number of fused-ring (bicyclic) bond motifs is 1. The van der Waals surface area contributed by atoms with E-state index in [-0.39, 0.29) is 12.8 Å². The fraction of sp³-hybridized carbons (Fsp3) is 0.519. The van der Waals surface area contributed by atoms with E-state index in [1.165, 1.54) is 0 Å². The van der Waals surface area contributed by atoms with Crippen molar-refractivity contribution in [3.05, 3.63) is 36.0 Å². The van der Waals surface area contributed by atoms with E-state index in [1.807, 2.05) is 24.3 Å². The molecular weight excluding hydrogens is 520 g/mol. The summed E-state index contributed by atoms with van der Waals surface area (Å²) < 4.78 is 0. The zero-order valence-corrected chi connectivity index (χ0v) is 22.8. The summed E-state index contributed by atoms with van der Waals surface area (Å²) in [5.41, 5.74) is 12.9. The highest BCUT2D eigenvalue weighted by atomic mass is 16.4. The molecule has 10 N–H and O–H groups in total. The molecule has 1 heterocycles. The number of para-hydroxylation sites is 1. The highest BCUT2D eigenvalue weighted by Gasteiger charge is 2.32. The van der Waals surface area contributed by atoms with E-state index >= 15 is 0 Å². The number of unbranched alkanes of at least 4 members (excludes halogenated alkanes) is 1. The molecule has 4 atom stereocenters. The van der Waals surface area contributed by atoms with Crippen molar-refractivity contribution >= 4 is 40.6 Å². The Balaban J connectivity index is 2.30. The van der Waals surface area contributed by atoms with Crippen molar-refractivity contribution in [1.29, 1.82) is 0 Å². The average molecular weight is 561 g/mol. The van der Waals surface area contributed by atoms with Gasteiger partial charge in [0.25, 0.3) is 0 Å². The number of nitrogens with one attached hydrogen (secondary N) is 4. The Morgan fingerprint density at radius 3 is 2.17 bits per heavy atom. The number of H-pyrrole nitrogens is 1. The zero-order chi connectivity index (χ0) is 29.8. The highest BCUT2D eigenvalue weighted by molar-refractivity contribution is 5.95. The molecule has 3 amide bonds. The molecule has 0 fully saturated rings. The van der Waals surface area contributed by atoms with E-state index < -0.39 is 66.2 Å². The van der Waals surface area contributed by atoms with Gasteiger partial charge in [0.05, 0.1) is 6.04 Å². The van der Waals surface area contributed by atoms with Crippen LogP contribution in [0, 0.1) is 5.92 Å². The summed E-state index contributed by atoms with van der Waals surface area (Å²) in [6.07, 6.45) is 2.63. The number of hydrogen-bond acceptors (Lipinski definition) is 7. The third kappa shape index (κ3) is 9.65. The molecule has 0 aliphatic heterocycles. The maximum atomic E-state index is 13.4. The first-order chi connectivity index (χ1) is 18.9. The first-order valence-corrected chi connectivity index (χ1v) is 13.3. The number of aliphatic carboxylic acids is 2. The summed E-state index contributed by atoms with van der Waals surface area (Å²) >= 11 is 0. The highest BCUT2D eigenvalue weighted by Crippen LogP contribution is 2.19. The number of amides is 3. The molecule has 0 bridgehead atoms. The van der Waals surface area contributed by atoms with E-state index in [9.17, 15) is 34.2 Å². The van der Waals surface area contributed by atoms with Crippen LogP contribution in [0.25, 0.3) is 10.9 Å². The molecule has 0 spiro atoms. The maximum Gasteiger partial charge on any atom is 0.326 e. The third-order valence-corrected chi connectivity index (χ3v) is 6.55. The topological polar surface area (TPSA) is 230 Å². The monoisotopic (exact) mass is 560 g/mol. The Morgan fingerprint density at radius 1 is 0.900 bits per heavy atom. The first kappa shape index (κ1) is 32.2. The summed E-state index contributed by atoms with van der Waals surface area (Å²) in [7, 11) is 0. The minimum atomic E-state index is -1.29. The molecule has 0 aliphatic carbocycles. The Labute approximate surface area is 232 Å². The molecule has 13 nitrogen and oxygen atoms in total. The lowest BCUT2D eigenvalue weighted by Gasteiger charge is -2.26. The normalized spacial score (nSPS) is 14.2. The van der Waals surface area contributed by atoms with Gasteiger partial charge in [-0.3, -0.25) is 19.2 Å². The fourth-order valence-corrected chi connectivity index (χ4v) is 4.22. The van der Waals surface area contributed by atoms with Gasteiger partial charge in [0.15, 0.2) is 0 Å². The van der Waals surface area contributed by atoms with Gasteiger partial charge in [0, 0.05) is 29.9 Å². The van der Waals surface area contributed by atoms with Crippen molar-refractivity contribution in [1.82, 2.24) is 20.9 Å². The summed E-state index contributed by atoms with van der Waals surface area (Å²) in [6.45, 7) is 3.72. The summed E-state index contributed by atoms with van der Waals surface area (Å²) in [4.78, 5) is 65.4. The molecule has 0 aliphatic rings. The molecule has 1 aromatic heterocycles. The average Bonchev–Trinajstić information content (AvgIpc) is 3.31. The molecule has 0 radical (unpaired) electrons. The van der Waals surface area contributed by atoms with Crippen LogP contribution in [0.1, 0.15) is 51.5 Å². The van der Waals surface area contributed by atoms with E-state index in [0.29, 0.717) is 31.4 Å². The number of rotatable bonds is 17. The molecule has 0 saturated heterocycles. The Morgan fingerprint density at radius 2 is 1.55 bits per heavy atom. The van der Waals surface area contributed by atoms with Gasteiger partial charge in [0.1, 0.15) is 18.1 Å². The van der Waals surface area contributed by atoms with E-state index in [2.05, 4.69) is 20.9 Å². The number of hydrogen-bond donors (Lipinski definition) is 8. The van der Waals surface area contributed by atoms with Crippen molar-refractivity contribution in [3.63, 3.8) is 0 Å². The molecule has 4 unspecified atom stereocenters. The van der Waals surface area contributed by atoms with Gasteiger partial charge in [-0.25, -0.2) is 4.79 Å². The number of carboxylic acid groups (broad SMARTS) is 2. The van der Waals surface area contributed by atoms with Gasteiger partial charge in [0.2, 0.25) is 17.7 Å². The summed E-state index contributed by atoms with van der Waals surface area (Å²) in [6, 6.07) is 2.70. The predicted molar refractivity (Wildman–Crippen MR) is 148 cm³/mol. The third-order valence-electron chi connectivity index (χ3n) is 6.55. The number of carboxylic acids is 2. The summed E-state index contributed by atoms with van der Waals surface area (Å²) in [5.74, 6) is -4.99. The van der Waals surface area contributed by atoms with Gasteiger partial charge >= 0.3 is 11.9 Å². The van der Waals surface area contributed by atoms with Crippen LogP contribution < -0.4 is 27.4 Å². The van der Waals surface area contributed by atoms with E-state index in [4.69, 9.17) is 11.5 Å². The van der Waals surface area contributed by atoms with Crippen LogP contribution in [0.5, 0.6) is 0 Å². The predicted octanol–water partition coefficient (Wildman–Crippen LogP) is 0.227. The van der Waals surface area contributed by atoms with Crippen molar-refractivity contribution in [2.24, 2.45) is 17.4 Å². The van der Waals surface area contributed by atoms with Gasteiger partial charge in [-0.05, 0) is 43.4 Å². The lowest BCUT2D eigenvalue weighted by Crippen LogP contribution is -2.58.